The van der Waals surface area contributed by atoms with Crippen LogP contribution in [0.3, 0.4) is 0 Å². The number of para-hydroxylation sites is 1. The Labute approximate surface area is 190 Å². The van der Waals surface area contributed by atoms with Crippen LogP contribution in [0.25, 0.3) is 16.7 Å². The van der Waals surface area contributed by atoms with Crippen molar-refractivity contribution in [2.45, 2.75) is 17.9 Å². The highest BCUT2D eigenvalue weighted by atomic mass is 32.2. The lowest BCUT2D eigenvalue weighted by atomic mass is 10.2. The predicted molar refractivity (Wildman–Crippen MR) is 123 cm³/mol. The molecule has 0 aliphatic carbocycles. The van der Waals surface area contributed by atoms with Crippen LogP contribution in [-0.2, 0) is 17.1 Å². The van der Waals surface area contributed by atoms with Gasteiger partial charge in [0, 0.05) is 38.3 Å². The van der Waals surface area contributed by atoms with Gasteiger partial charge in [-0.05, 0) is 19.1 Å². The zero-order valence-corrected chi connectivity index (χ0v) is 19.1. The number of fused-ring (bicyclic) bond motifs is 1. The number of aromatic nitrogens is 5. The summed E-state index contributed by atoms with van der Waals surface area (Å²) in [6.45, 7) is 2.59. The minimum Gasteiger partial charge on any atom is -0.325 e. The summed E-state index contributed by atoms with van der Waals surface area (Å²) in [4.78, 5) is 20.1. The second-order valence-corrected chi connectivity index (χ2v) is 9.67. The Morgan fingerprint density at radius 1 is 1.12 bits per heavy atom. The van der Waals surface area contributed by atoms with Gasteiger partial charge in [0.15, 0.2) is 5.82 Å². The molecule has 12 heteroatoms. The van der Waals surface area contributed by atoms with E-state index < -0.39 is 10.0 Å². The van der Waals surface area contributed by atoms with Gasteiger partial charge in [-0.3, -0.25) is 14.3 Å². The maximum absolute atomic E-state index is 13.0. The summed E-state index contributed by atoms with van der Waals surface area (Å²) in [5.41, 5.74) is 1.77. The Balaban J connectivity index is 1.45. The lowest BCUT2D eigenvalue weighted by molar-refractivity contribution is 0.229. The van der Waals surface area contributed by atoms with Crippen LogP contribution in [0.15, 0.2) is 60.0 Å². The molecule has 1 N–H and O–H groups in total. The fourth-order valence-corrected chi connectivity index (χ4v) is 5.06. The number of hydrogen-bond donors (Lipinski definition) is 1. The fraction of sp³-hybridized carbons (Fsp3) is 0.238. The SMILES string of the molecule is C[C@@H]1CN(C)C(=O)N1c1ccnc(-n2cc(S(=O)(=O)Nc3cccc4cnn(C)c34)cn2)c1. The molecule has 4 aromatic rings. The molecular weight excluding hydrogens is 444 g/mol. The highest BCUT2D eigenvalue weighted by Gasteiger charge is 2.33. The van der Waals surface area contributed by atoms with Crippen molar-refractivity contribution in [2.24, 2.45) is 7.05 Å². The van der Waals surface area contributed by atoms with Crippen LogP contribution in [0.2, 0.25) is 0 Å². The number of amides is 2. The lowest BCUT2D eigenvalue weighted by Gasteiger charge is -2.20. The van der Waals surface area contributed by atoms with Crippen molar-refractivity contribution in [3.63, 3.8) is 0 Å². The van der Waals surface area contributed by atoms with E-state index in [1.807, 2.05) is 13.0 Å². The Hall–Kier alpha value is -3.93. The third kappa shape index (κ3) is 3.57. The van der Waals surface area contributed by atoms with Gasteiger partial charge < -0.3 is 4.90 Å². The number of hydrogen-bond acceptors (Lipinski definition) is 6. The zero-order valence-electron chi connectivity index (χ0n) is 18.2. The monoisotopic (exact) mass is 466 g/mol. The Morgan fingerprint density at radius 3 is 2.70 bits per heavy atom. The van der Waals surface area contributed by atoms with Gasteiger partial charge >= 0.3 is 6.03 Å². The molecule has 3 aromatic heterocycles. The molecule has 4 heterocycles. The van der Waals surface area contributed by atoms with Crippen molar-refractivity contribution in [2.75, 3.05) is 23.2 Å². The maximum atomic E-state index is 13.0. The summed E-state index contributed by atoms with van der Waals surface area (Å²) in [7, 11) is -0.406. The number of sulfonamides is 1. The van der Waals surface area contributed by atoms with E-state index in [0.717, 1.165) is 5.39 Å². The molecule has 1 fully saturated rings. The van der Waals surface area contributed by atoms with Gasteiger partial charge in [0.25, 0.3) is 10.0 Å². The fourth-order valence-electron chi connectivity index (χ4n) is 4.07. The molecule has 0 spiro atoms. The van der Waals surface area contributed by atoms with Gasteiger partial charge in [0.1, 0.15) is 4.90 Å². The number of rotatable bonds is 5. The van der Waals surface area contributed by atoms with E-state index in [1.165, 1.54) is 17.1 Å². The molecule has 0 unspecified atom stereocenters. The number of benzene rings is 1. The standard InChI is InChI=1S/C21H22N8O3S/c1-14-12-26(2)21(30)29(14)16-7-8-22-19(9-16)28-13-17(11-24-28)33(31,32)25-18-6-4-5-15-10-23-27(3)20(15)18/h4-11,13-14,25H,12H2,1-3H3/t14-/m1/s1. The predicted octanol–water partition coefficient (Wildman–Crippen LogP) is 2.22. The molecular formula is C21H22N8O3S. The summed E-state index contributed by atoms with van der Waals surface area (Å²) in [6.07, 6.45) is 5.89. The Kier molecular flexibility index (Phi) is 4.81. The van der Waals surface area contributed by atoms with E-state index >= 15 is 0 Å². The number of anilines is 2. The lowest BCUT2D eigenvalue weighted by Crippen LogP contribution is -2.32. The molecule has 0 saturated carbocycles. The summed E-state index contributed by atoms with van der Waals surface area (Å²) < 4.78 is 31.7. The van der Waals surface area contributed by atoms with E-state index in [4.69, 9.17) is 0 Å². The number of carbonyl (C=O) groups is 1. The number of aryl methyl sites for hydroxylation is 1. The highest BCUT2D eigenvalue weighted by Crippen LogP contribution is 2.27. The molecule has 11 nitrogen and oxygen atoms in total. The third-order valence-electron chi connectivity index (χ3n) is 5.63. The van der Waals surface area contributed by atoms with Crippen LogP contribution in [0, 0.1) is 0 Å². The van der Waals surface area contributed by atoms with Gasteiger partial charge in [-0.1, -0.05) is 12.1 Å². The van der Waals surface area contributed by atoms with Gasteiger partial charge in [0.05, 0.1) is 41.5 Å². The first kappa shape index (κ1) is 20.9. The van der Waals surface area contributed by atoms with Crippen LogP contribution >= 0.6 is 0 Å². The van der Waals surface area contributed by atoms with Gasteiger partial charge in [0.2, 0.25) is 0 Å². The number of pyridine rings is 1. The average molecular weight is 467 g/mol. The van der Waals surface area contributed by atoms with Gasteiger partial charge in [-0.15, -0.1) is 0 Å². The zero-order chi connectivity index (χ0) is 23.3. The first-order valence-electron chi connectivity index (χ1n) is 10.2. The van der Waals surface area contributed by atoms with Crippen molar-refractivity contribution in [1.29, 1.82) is 0 Å². The summed E-state index contributed by atoms with van der Waals surface area (Å²) in [5, 5.41) is 9.20. The van der Waals surface area contributed by atoms with E-state index in [2.05, 4.69) is 19.9 Å². The normalized spacial score (nSPS) is 16.7. The summed E-state index contributed by atoms with van der Waals surface area (Å²) in [6, 6.07) is 8.67. The second-order valence-electron chi connectivity index (χ2n) is 7.99. The van der Waals surface area contributed by atoms with Crippen LogP contribution in [0.5, 0.6) is 0 Å². The van der Waals surface area contributed by atoms with Crippen molar-refractivity contribution >= 4 is 38.3 Å². The van der Waals surface area contributed by atoms with Crippen LogP contribution < -0.4 is 9.62 Å². The maximum Gasteiger partial charge on any atom is 0.324 e. The van der Waals surface area contributed by atoms with Gasteiger partial charge in [-0.25, -0.2) is 22.9 Å². The molecule has 0 bridgehead atoms. The second kappa shape index (κ2) is 7.59. The average Bonchev–Trinajstić information content (AvgIpc) is 3.48. The minimum atomic E-state index is -3.91. The van der Waals surface area contributed by atoms with Crippen molar-refractivity contribution in [1.82, 2.24) is 29.4 Å². The Morgan fingerprint density at radius 2 is 1.94 bits per heavy atom. The van der Waals surface area contributed by atoms with E-state index in [0.29, 0.717) is 29.3 Å². The van der Waals surface area contributed by atoms with Crippen LogP contribution in [-0.4, -0.2) is 63.5 Å². The number of urea groups is 1. The molecule has 1 aliphatic rings. The summed E-state index contributed by atoms with van der Waals surface area (Å²) >= 11 is 0. The topological polar surface area (TPSA) is 118 Å². The summed E-state index contributed by atoms with van der Waals surface area (Å²) in [5.74, 6) is 0.400. The molecule has 1 aliphatic heterocycles. The largest absolute Gasteiger partial charge is 0.325 e. The number of carbonyl (C=O) groups excluding carboxylic acids is 1. The number of nitrogens with zero attached hydrogens (tertiary/aromatic N) is 7. The van der Waals surface area contributed by atoms with E-state index in [-0.39, 0.29) is 17.0 Å². The molecule has 0 radical (unpaired) electrons. The van der Waals surface area contributed by atoms with Crippen molar-refractivity contribution < 1.29 is 13.2 Å². The van der Waals surface area contributed by atoms with Crippen molar-refractivity contribution in [3.8, 4) is 5.82 Å². The Bertz CT molecular complexity index is 1480. The highest BCUT2D eigenvalue weighted by molar-refractivity contribution is 7.92. The first-order valence-corrected chi connectivity index (χ1v) is 11.7. The molecule has 33 heavy (non-hydrogen) atoms. The smallest absolute Gasteiger partial charge is 0.324 e. The van der Waals surface area contributed by atoms with Crippen molar-refractivity contribution in [3.05, 3.63) is 55.1 Å². The van der Waals surface area contributed by atoms with Gasteiger partial charge in [-0.2, -0.15) is 10.2 Å². The third-order valence-corrected chi connectivity index (χ3v) is 6.95. The minimum absolute atomic E-state index is 0.00484. The molecule has 1 saturated heterocycles. The molecule has 1 atom stereocenters. The molecule has 5 rings (SSSR count). The number of nitrogens with one attached hydrogen (secondary N) is 1. The van der Waals surface area contributed by atoms with E-state index in [9.17, 15) is 13.2 Å². The molecule has 170 valence electrons. The van der Waals surface area contributed by atoms with E-state index in [1.54, 1.807) is 65.2 Å². The first-order chi connectivity index (χ1) is 15.7. The van der Waals surface area contributed by atoms with Crippen LogP contribution in [0.4, 0.5) is 16.2 Å². The number of likely N-dealkylation sites (N-methyl/N-ethyl adjacent to an activating group) is 1. The molecule has 1 aromatic carbocycles. The van der Waals surface area contributed by atoms with Crippen LogP contribution in [0.1, 0.15) is 6.92 Å². The quantitative estimate of drug-likeness (QED) is 0.482. The molecule has 2 amide bonds.